The van der Waals surface area contributed by atoms with Gasteiger partial charge in [-0.15, -0.1) is 0 Å². The monoisotopic (exact) mass is 126 g/mol. The Balaban J connectivity index is 3.79. The summed E-state index contributed by atoms with van der Waals surface area (Å²) in [5.74, 6) is 0. The molecule has 0 aliphatic rings. The summed E-state index contributed by atoms with van der Waals surface area (Å²) in [7, 11) is -4.82. The molecule has 0 atom stereocenters. The average molecular weight is 126 g/mol. The molecule has 0 aromatic rings. The lowest BCUT2D eigenvalue weighted by molar-refractivity contribution is 0.212. The van der Waals surface area contributed by atoms with E-state index in [4.69, 9.17) is 5.11 Å². The number of hydrogen-bond acceptors (Lipinski definition) is 1. The van der Waals surface area contributed by atoms with E-state index in [2.05, 4.69) is 0 Å². The highest BCUT2D eigenvalue weighted by Gasteiger charge is 2.38. The van der Waals surface area contributed by atoms with E-state index >= 15 is 0 Å². The molecule has 0 radical (unpaired) electrons. The standard InChI is InChI=1S/C2H4F2O2Si/c1-7(3,4)2(5)6/h1H3,(H,5,6). The summed E-state index contributed by atoms with van der Waals surface area (Å²) in [5, 5.41) is 7.56. The minimum Gasteiger partial charge on any atom is -0.481 e. The van der Waals surface area contributed by atoms with Gasteiger partial charge >= 0.3 is 14.3 Å². The Kier molecular flexibility index (Phi) is 1.47. The van der Waals surface area contributed by atoms with Crippen LogP contribution in [-0.2, 0) is 0 Å². The van der Waals surface area contributed by atoms with Crippen LogP contribution in [0.3, 0.4) is 0 Å². The van der Waals surface area contributed by atoms with E-state index in [1.165, 1.54) is 0 Å². The molecular formula is C2H4F2O2Si. The molecule has 0 heterocycles. The van der Waals surface area contributed by atoms with Crippen LogP contribution in [-0.4, -0.2) is 19.4 Å². The second kappa shape index (κ2) is 1.57. The molecule has 0 bridgehead atoms. The molecule has 0 amide bonds. The van der Waals surface area contributed by atoms with E-state index in [0.717, 1.165) is 0 Å². The van der Waals surface area contributed by atoms with E-state index in [1.807, 2.05) is 0 Å². The first-order chi connectivity index (χ1) is 2.94. The third-order valence-electron chi connectivity index (χ3n) is 0.376. The number of carboxylic acid groups (broad SMARTS) is 1. The van der Waals surface area contributed by atoms with Crippen molar-refractivity contribution >= 4 is 14.3 Å². The Bertz CT molecular complexity index is 86.2. The van der Waals surface area contributed by atoms with Crippen molar-refractivity contribution in [2.75, 3.05) is 0 Å². The number of rotatable bonds is 1. The topological polar surface area (TPSA) is 37.3 Å². The van der Waals surface area contributed by atoms with Gasteiger partial charge in [-0.1, -0.05) is 0 Å². The van der Waals surface area contributed by atoms with Gasteiger partial charge in [0.1, 0.15) is 0 Å². The van der Waals surface area contributed by atoms with Crippen molar-refractivity contribution < 1.29 is 18.1 Å². The van der Waals surface area contributed by atoms with Crippen molar-refractivity contribution in [3.8, 4) is 0 Å². The Labute approximate surface area is 40.1 Å². The molecule has 0 saturated heterocycles. The van der Waals surface area contributed by atoms with Gasteiger partial charge in [0, 0.05) is 0 Å². The molecule has 0 aromatic carbocycles. The molecule has 5 heteroatoms. The predicted molar refractivity (Wildman–Crippen MR) is 21.9 cm³/mol. The van der Waals surface area contributed by atoms with Gasteiger partial charge in [0.25, 0.3) is 0 Å². The van der Waals surface area contributed by atoms with Gasteiger partial charge in [-0.3, -0.25) is 13.0 Å². The van der Waals surface area contributed by atoms with Gasteiger partial charge in [-0.25, -0.2) is 0 Å². The van der Waals surface area contributed by atoms with Gasteiger partial charge in [0.2, 0.25) is 0 Å². The van der Waals surface area contributed by atoms with Crippen molar-refractivity contribution in [1.82, 2.24) is 0 Å². The van der Waals surface area contributed by atoms with Crippen molar-refractivity contribution in [3.63, 3.8) is 0 Å². The highest BCUT2D eigenvalue weighted by Crippen LogP contribution is 2.04. The van der Waals surface area contributed by atoms with Crippen molar-refractivity contribution in [2.45, 2.75) is 6.55 Å². The van der Waals surface area contributed by atoms with Gasteiger partial charge in [-0.2, -0.15) is 0 Å². The second-order valence-electron chi connectivity index (χ2n) is 1.19. The fraction of sp³-hybridized carbons (Fsp3) is 0.500. The fourth-order valence-electron chi connectivity index (χ4n) is 0. The maximum absolute atomic E-state index is 11.4. The Morgan fingerprint density at radius 1 is 1.71 bits per heavy atom. The van der Waals surface area contributed by atoms with Crippen molar-refractivity contribution in [3.05, 3.63) is 0 Å². The lowest BCUT2D eigenvalue weighted by Crippen LogP contribution is -2.28. The third-order valence-corrected chi connectivity index (χ3v) is 1.13. The second-order valence-corrected chi connectivity index (χ2v) is 3.40. The highest BCUT2D eigenvalue weighted by atomic mass is 28.4. The first-order valence-corrected chi connectivity index (χ1v) is 3.81. The average Bonchev–Trinajstić information content (AvgIpc) is 1.31. The molecule has 0 aliphatic heterocycles. The van der Waals surface area contributed by atoms with Crippen LogP contribution in [0.15, 0.2) is 0 Å². The van der Waals surface area contributed by atoms with Crippen LogP contribution in [0.4, 0.5) is 13.0 Å². The molecule has 0 rings (SSSR count). The molecule has 0 aliphatic carbocycles. The molecule has 0 fully saturated rings. The van der Waals surface area contributed by atoms with E-state index in [1.54, 1.807) is 0 Å². The Hall–Kier alpha value is -0.453. The zero-order valence-corrected chi connectivity index (χ0v) is 4.61. The first-order valence-electron chi connectivity index (χ1n) is 1.56. The molecule has 0 unspecified atom stereocenters. The molecule has 0 aromatic heterocycles. The quantitative estimate of drug-likeness (QED) is 0.424. The van der Waals surface area contributed by atoms with Gasteiger partial charge in [-0.05, 0) is 6.55 Å². The molecule has 2 nitrogen and oxygen atoms in total. The van der Waals surface area contributed by atoms with Crippen molar-refractivity contribution in [2.24, 2.45) is 0 Å². The van der Waals surface area contributed by atoms with Crippen LogP contribution in [0.25, 0.3) is 0 Å². The summed E-state index contributed by atoms with van der Waals surface area (Å²) in [5.41, 5.74) is -1.95. The Morgan fingerprint density at radius 2 is 1.86 bits per heavy atom. The maximum atomic E-state index is 11.4. The minimum atomic E-state index is -4.82. The highest BCUT2D eigenvalue weighted by molar-refractivity contribution is 6.93. The lowest BCUT2D eigenvalue weighted by atomic mass is 11.6. The van der Waals surface area contributed by atoms with E-state index in [0.29, 0.717) is 6.55 Å². The minimum absolute atomic E-state index is 0.468. The van der Waals surface area contributed by atoms with Gasteiger partial charge in [0.15, 0.2) is 0 Å². The normalized spacial score (nSPS) is 11.3. The first kappa shape index (κ1) is 6.55. The fourth-order valence-corrected chi connectivity index (χ4v) is 0. The van der Waals surface area contributed by atoms with Crippen LogP contribution in [0.2, 0.25) is 6.55 Å². The smallest absolute Gasteiger partial charge is 0.481 e. The lowest BCUT2D eigenvalue weighted by Gasteiger charge is -1.94. The SMILES string of the molecule is C[Si](F)(F)C(=O)O. The van der Waals surface area contributed by atoms with Crippen molar-refractivity contribution in [1.29, 1.82) is 0 Å². The summed E-state index contributed by atoms with van der Waals surface area (Å²) < 4.78 is 22.8. The molecule has 7 heavy (non-hydrogen) atoms. The van der Waals surface area contributed by atoms with E-state index in [9.17, 15) is 13.0 Å². The molecule has 0 spiro atoms. The predicted octanol–water partition coefficient (Wildman–Crippen LogP) is 1.26. The third kappa shape index (κ3) is 2.27. The van der Waals surface area contributed by atoms with E-state index in [-0.39, 0.29) is 0 Å². The largest absolute Gasteiger partial charge is 0.533 e. The van der Waals surface area contributed by atoms with Crippen LogP contribution >= 0.6 is 0 Å². The van der Waals surface area contributed by atoms with Gasteiger partial charge in [0.05, 0.1) is 0 Å². The molecule has 0 saturated carbocycles. The summed E-state index contributed by atoms with van der Waals surface area (Å²) in [4.78, 5) is 9.33. The van der Waals surface area contributed by atoms with Gasteiger partial charge < -0.3 is 5.11 Å². The Morgan fingerprint density at radius 3 is 1.86 bits per heavy atom. The number of carbonyl (C=O) groups is 1. The molecule has 42 valence electrons. The van der Waals surface area contributed by atoms with E-state index < -0.39 is 14.3 Å². The summed E-state index contributed by atoms with van der Waals surface area (Å²) >= 11 is 0. The summed E-state index contributed by atoms with van der Waals surface area (Å²) in [6.45, 7) is 0.468. The van der Waals surface area contributed by atoms with Crippen LogP contribution < -0.4 is 0 Å². The van der Waals surface area contributed by atoms with Crippen LogP contribution in [0.1, 0.15) is 0 Å². The number of halogens is 2. The summed E-state index contributed by atoms with van der Waals surface area (Å²) in [6.07, 6.45) is 0. The van der Waals surface area contributed by atoms with Crippen LogP contribution in [0, 0.1) is 0 Å². The molecular weight excluding hydrogens is 122 g/mol. The maximum Gasteiger partial charge on any atom is 0.533 e. The zero-order chi connectivity index (χ0) is 6.08. The number of hydrogen-bond donors (Lipinski definition) is 1. The molecule has 1 N–H and O–H groups in total. The zero-order valence-electron chi connectivity index (χ0n) is 3.61. The van der Waals surface area contributed by atoms with Crippen LogP contribution in [0.5, 0.6) is 0 Å². The summed E-state index contributed by atoms with van der Waals surface area (Å²) in [6, 6.07) is 0.